The number of amides is 4. The molecule has 71 heavy (non-hydrogen) atoms. The van der Waals surface area contributed by atoms with Crippen LogP contribution in [0.3, 0.4) is 0 Å². The number of nitrogens with zero attached hydrogens (tertiary/aromatic N) is 5. The number of aromatic nitrogens is 5. The van der Waals surface area contributed by atoms with Gasteiger partial charge in [-0.2, -0.15) is 54.0 Å². The number of ether oxygens (including phenoxy) is 3. The lowest BCUT2D eigenvalue weighted by molar-refractivity contribution is -0.136. The fourth-order valence-electron chi connectivity index (χ4n) is 9.69. The maximum absolute atomic E-state index is 16.9. The van der Waals surface area contributed by atoms with Crippen molar-refractivity contribution in [2.75, 3.05) is 27.3 Å². The van der Waals surface area contributed by atoms with Gasteiger partial charge >= 0.3 is 12.2 Å². The summed E-state index contributed by atoms with van der Waals surface area (Å²) >= 11 is 1.66. The van der Waals surface area contributed by atoms with Crippen LogP contribution in [0.1, 0.15) is 100 Å². The lowest BCUT2D eigenvalue weighted by Crippen LogP contribution is -2.51. The second-order valence-electron chi connectivity index (χ2n) is 18.1. The molecule has 0 spiro atoms. The summed E-state index contributed by atoms with van der Waals surface area (Å²) in [6.07, 6.45) is 5.35. The Morgan fingerprint density at radius 3 is 1.83 bits per heavy atom. The number of halogens is 1. The van der Waals surface area contributed by atoms with Gasteiger partial charge in [-0.25, -0.2) is 23.9 Å². The molecule has 16 nitrogen and oxygen atoms in total. The van der Waals surface area contributed by atoms with Crippen molar-refractivity contribution in [2.45, 2.75) is 97.1 Å². The summed E-state index contributed by atoms with van der Waals surface area (Å²) in [6.45, 7) is 10.7. The molecular formula is C49H64FN9O7S5. The standard InChI is InChI=1S/C49H56FN9O7S.4H2S/c1-8-30-14-16-39(67-30)47-59-34-15-13-27(32-23-51-43(53-32)35-11-9-17-57(35)45(60)41(25(2)3)55-48(62)64-6)19-29(34)21-37(59)40-31(50)20-28(22-38(40)66-47)33-24-52-44(54-33)36-12-10-18-58(36)46(61)42(26(4)5)56-49(63)65-7;;;;/h13-16,19-26,35-36,41-42,47H,8-12,17-18H2,1-7H3,(H,51,53)(H,52,54)(H,55,62)(H,56,63);4*1H2/t35-,36-,41-,42-,47?;;;;/m0..../s1. The number of carbonyl (C=O) groups is 4. The van der Waals surface area contributed by atoms with E-state index in [0.717, 1.165) is 52.7 Å². The van der Waals surface area contributed by atoms with Gasteiger partial charge in [0.05, 0.1) is 71.7 Å². The Morgan fingerprint density at radius 2 is 1.32 bits per heavy atom. The fraction of sp³-hybridized carbons (Fsp3) is 0.429. The van der Waals surface area contributed by atoms with Gasteiger partial charge in [-0.3, -0.25) is 14.2 Å². The number of hydrogen-bond donors (Lipinski definition) is 4. The first-order valence-electron chi connectivity index (χ1n) is 22.9. The van der Waals surface area contributed by atoms with Crippen molar-refractivity contribution >= 4 is 100 Å². The zero-order valence-corrected chi connectivity index (χ0v) is 45.5. The molecule has 0 aliphatic carbocycles. The van der Waals surface area contributed by atoms with Gasteiger partial charge in [0, 0.05) is 34.5 Å². The highest BCUT2D eigenvalue weighted by Gasteiger charge is 2.40. The van der Waals surface area contributed by atoms with Crippen molar-refractivity contribution in [3.63, 3.8) is 0 Å². The van der Waals surface area contributed by atoms with Gasteiger partial charge in [0.1, 0.15) is 35.3 Å². The number of aromatic amines is 2. The van der Waals surface area contributed by atoms with Crippen molar-refractivity contribution in [3.05, 3.63) is 88.1 Å². The predicted molar refractivity (Wildman–Crippen MR) is 292 cm³/mol. The molecule has 4 N–H and O–H groups in total. The van der Waals surface area contributed by atoms with Crippen LogP contribution in [0.15, 0.2) is 60.9 Å². The number of hydrogen-bond acceptors (Lipinski definition) is 10. The molecule has 4 amide bonds. The monoisotopic (exact) mass is 1070 g/mol. The molecule has 4 aromatic heterocycles. The molecule has 5 atom stereocenters. The van der Waals surface area contributed by atoms with Crippen molar-refractivity contribution < 1.29 is 37.8 Å². The molecule has 384 valence electrons. The topological polar surface area (TPSA) is 189 Å². The molecule has 0 radical (unpaired) electrons. The van der Waals surface area contributed by atoms with Crippen molar-refractivity contribution in [3.8, 4) is 39.5 Å². The Hall–Kier alpha value is -5.29. The van der Waals surface area contributed by atoms with E-state index in [1.807, 2.05) is 52.0 Å². The molecule has 1 unspecified atom stereocenters. The summed E-state index contributed by atoms with van der Waals surface area (Å²) in [4.78, 5) is 73.8. The van der Waals surface area contributed by atoms with Crippen LogP contribution in [-0.2, 0) is 25.5 Å². The maximum atomic E-state index is 16.9. The molecule has 0 saturated carbocycles. The van der Waals surface area contributed by atoms with Gasteiger partial charge in [-0.1, -0.05) is 40.7 Å². The Bertz CT molecular complexity index is 2860. The summed E-state index contributed by atoms with van der Waals surface area (Å²) in [5, 5.41) is 6.27. The van der Waals surface area contributed by atoms with E-state index in [9.17, 15) is 19.2 Å². The number of rotatable bonds is 12. The molecule has 2 aromatic carbocycles. The van der Waals surface area contributed by atoms with Crippen LogP contribution in [-0.4, -0.2) is 97.7 Å². The second-order valence-corrected chi connectivity index (χ2v) is 19.3. The third-order valence-electron chi connectivity index (χ3n) is 13.2. The molecule has 6 aromatic rings. The van der Waals surface area contributed by atoms with Crippen LogP contribution >= 0.6 is 65.3 Å². The Labute approximate surface area is 444 Å². The lowest BCUT2D eigenvalue weighted by Gasteiger charge is -2.30. The van der Waals surface area contributed by atoms with E-state index >= 15 is 4.39 Å². The number of aryl methyl sites for hydroxylation is 1. The molecular weight excluding hydrogens is 1010 g/mol. The van der Waals surface area contributed by atoms with Gasteiger partial charge < -0.3 is 44.6 Å². The number of alkyl carbamates (subject to hydrolysis) is 2. The molecule has 7 heterocycles. The molecule has 2 fully saturated rings. The number of imidazole rings is 2. The first-order valence-corrected chi connectivity index (χ1v) is 23.7. The van der Waals surface area contributed by atoms with Crippen LogP contribution in [0.2, 0.25) is 0 Å². The number of H-pyrrole nitrogens is 2. The predicted octanol–water partition coefficient (Wildman–Crippen LogP) is 9.33. The number of thiophene rings is 1. The minimum atomic E-state index is -0.769. The average Bonchev–Trinajstić information content (AvgIpc) is 4.18. The van der Waals surface area contributed by atoms with E-state index in [1.54, 1.807) is 33.5 Å². The molecule has 22 heteroatoms. The quantitative estimate of drug-likeness (QED) is 0.0926. The van der Waals surface area contributed by atoms with Crippen LogP contribution in [0.5, 0.6) is 5.75 Å². The molecule has 3 aliphatic rings. The third-order valence-corrected chi connectivity index (χ3v) is 14.5. The Balaban J connectivity index is 0.00000234. The van der Waals surface area contributed by atoms with Gasteiger partial charge in [0.15, 0.2) is 0 Å². The number of likely N-dealkylation sites (tertiary alicyclic amines) is 2. The van der Waals surface area contributed by atoms with Crippen LogP contribution < -0.4 is 15.4 Å². The van der Waals surface area contributed by atoms with Crippen LogP contribution in [0, 0.1) is 17.7 Å². The summed E-state index contributed by atoms with van der Waals surface area (Å²) in [5.41, 5.74) is 4.63. The van der Waals surface area contributed by atoms with Gasteiger partial charge in [-0.15, -0.1) is 11.3 Å². The van der Waals surface area contributed by atoms with Gasteiger partial charge in [-0.05, 0) is 86.4 Å². The second kappa shape index (κ2) is 23.5. The Kier molecular flexibility index (Phi) is 18.7. The molecule has 9 rings (SSSR count). The highest BCUT2D eigenvalue weighted by atomic mass is 32.1. The number of benzene rings is 2. The van der Waals surface area contributed by atoms with E-state index < -0.39 is 36.3 Å². The molecule has 0 bridgehead atoms. The summed E-state index contributed by atoms with van der Waals surface area (Å²) in [6, 6.07) is 13.4. The van der Waals surface area contributed by atoms with E-state index in [2.05, 4.69) is 50.3 Å². The van der Waals surface area contributed by atoms with E-state index in [0.29, 0.717) is 59.4 Å². The summed E-state index contributed by atoms with van der Waals surface area (Å²) in [5.74, 6) is 0.440. The zero-order chi connectivity index (χ0) is 47.3. The van der Waals surface area contributed by atoms with Crippen molar-refractivity contribution in [1.29, 1.82) is 0 Å². The van der Waals surface area contributed by atoms with Gasteiger partial charge in [0.25, 0.3) is 0 Å². The molecule has 2 saturated heterocycles. The lowest BCUT2D eigenvalue weighted by atomic mass is 10.0. The summed E-state index contributed by atoms with van der Waals surface area (Å²) in [7, 11) is 2.55. The van der Waals surface area contributed by atoms with E-state index in [-0.39, 0.29) is 89.7 Å². The highest BCUT2D eigenvalue weighted by molar-refractivity contribution is 7.59. The minimum Gasteiger partial charge on any atom is -0.464 e. The van der Waals surface area contributed by atoms with E-state index in [4.69, 9.17) is 24.2 Å². The smallest absolute Gasteiger partial charge is 0.407 e. The largest absolute Gasteiger partial charge is 0.464 e. The number of carbonyl (C=O) groups excluding carboxylic acids is 4. The average molecular weight is 1070 g/mol. The van der Waals surface area contributed by atoms with E-state index in [1.165, 1.54) is 25.2 Å². The fourth-order valence-corrected chi connectivity index (χ4v) is 10.7. The van der Waals surface area contributed by atoms with Crippen molar-refractivity contribution in [1.82, 2.24) is 44.9 Å². The first-order chi connectivity index (χ1) is 32.3. The SMILES string of the molecule is CCc1ccc(C2Oc3cc(-c4cnc([C@@H]5CCCN5C(=O)[C@@H](NC(=O)OC)C(C)C)[nH]4)cc(F)c3-c3cc4cc(-c5cnc([C@@H]6CCCN6C(=O)[C@@H](NC(=O)OC)C(C)C)[nH]5)ccc4n32)s1.S.S.S.S. The van der Waals surface area contributed by atoms with Gasteiger partial charge in [0.2, 0.25) is 18.0 Å². The summed E-state index contributed by atoms with van der Waals surface area (Å²) < 4.78 is 35.3. The first kappa shape index (κ1) is 56.6. The number of nitrogens with one attached hydrogen (secondary N) is 4. The Morgan fingerprint density at radius 1 is 0.775 bits per heavy atom. The highest BCUT2D eigenvalue weighted by Crippen LogP contribution is 2.48. The normalized spacial score (nSPS) is 17.7. The van der Waals surface area contributed by atoms with Crippen molar-refractivity contribution in [2.24, 2.45) is 11.8 Å². The third kappa shape index (κ3) is 10.9. The zero-order valence-electron chi connectivity index (χ0n) is 40.6. The molecule has 3 aliphatic heterocycles. The minimum absolute atomic E-state index is 0. The maximum Gasteiger partial charge on any atom is 0.407 e. The van der Waals surface area contributed by atoms with Crippen LogP contribution in [0.4, 0.5) is 14.0 Å². The van der Waals surface area contributed by atoms with Crippen LogP contribution in [0.25, 0.3) is 44.7 Å². The number of methoxy groups -OCH3 is 2. The number of fused-ring (bicyclic) bond motifs is 5.